The molecule has 86 valence electrons. The SMILES string of the molecule is CCO.Clc1c(Cl)c(Cl)c(Cl)c(Cl)c1Cl. The van der Waals surface area contributed by atoms with Crippen molar-refractivity contribution >= 4 is 69.6 Å². The monoisotopic (exact) mass is 328 g/mol. The Morgan fingerprint density at radius 3 is 0.800 bits per heavy atom. The lowest BCUT2D eigenvalue weighted by Crippen LogP contribution is -1.79. The fourth-order valence-corrected chi connectivity index (χ4v) is 2.00. The van der Waals surface area contributed by atoms with E-state index in [9.17, 15) is 0 Å². The Kier molecular flexibility index (Phi) is 7.73. The summed E-state index contributed by atoms with van der Waals surface area (Å²) in [5.41, 5.74) is 0. The van der Waals surface area contributed by atoms with Crippen LogP contribution in [0.15, 0.2) is 0 Å². The summed E-state index contributed by atoms with van der Waals surface area (Å²) in [5.74, 6) is 0. The Morgan fingerprint density at radius 2 is 0.733 bits per heavy atom. The van der Waals surface area contributed by atoms with Crippen molar-refractivity contribution in [2.45, 2.75) is 6.92 Å². The smallest absolute Gasteiger partial charge is 0.0810 e. The molecule has 0 fully saturated rings. The third kappa shape index (κ3) is 4.01. The maximum atomic E-state index is 7.57. The van der Waals surface area contributed by atoms with Crippen LogP contribution in [0.2, 0.25) is 30.1 Å². The van der Waals surface area contributed by atoms with Crippen molar-refractivity contribution in [3.05, 3.63) is 30.1 Å². The number of benzene rings is 1. The fraction of sp³-hybridized carbons (Fsp3) is 0.250. The van der Waals surface area contributed by atoms with Crippen LogP contribution in [0.3, 0.4) is 0 Å². The summed E-state index contributed by atoms with van der Waals surface area (Å²) in [6, 6.07) is 0. The Morgan fingerprint density at radius 1 is 0.667 bits per heavy atom. The number of aliphatic hydroxyl groups excluding tert-OH is 1. The van der Waals surface area contributed by atoms with Gasteiger partial charge in [0.25, 0.3) is 0 Å². The minimum absolute atomic E-state index is 0.109. The molecule has 1 nitrogen and oxygen atoms in total. The molecule has 0 unspecified atom stereocenters. The predicted molar refractivity (Wildman–Crippen MR) is 69.3 cm³/mol. The van der Waals surface area contributed by atoms with E-state index in [0.717, 1.165) is 0 Å². The maximum absolute atomic E-state index is 7.57. The van der Waals surface area contributed by atoms with E-state index in [1.807, 2.05) is 0 Å². The first-order valence-electron chi connectivity index (χ1n) is 3.66. The van der Waals surface area contributed by atoms with Gasteiger partial charge >= 0.3 is 0 Å². The van der Waals surface area contributed by atoms with E-state index in [2.05, 4.69) is 0 Å². The average molecular weight is 331 g/mol. The van der Waals surface area contributed by atoms with Crippen LogP contribution in [0.1, 0.15) is 6.92 Å². The summed E-state index contributed by atoms with van der Waals surface area (Å²) < 4.78 is 0. The molecule has 0 aliphatic rings. The molecule has 0 radical (unpaired) electrons. The number of halogens is 6. The van der Waals surface area contributed by atoms with E-state index in [-0.39, 0.29) is 36.7 Å². The van der Waals surface area contributed by atoms with Gasteiger partial charge in [-0.25, -0.2) is 0 Å². The van der Waals surface area contributed by atoms with Crippen LogP contribution in [-0.2, 0) is 0 Å². The first-order valence-corrected chi connectivity index (χ1v) is 5.93. The van der Waals surface area contributed by atoms with Crippen LogP contribution in [0.25, 0.3) is 0 Å². The van der Waals surface area contributed by atoms with E-state index >= 15 is 0 Å². The van der Waals surface area contributed by atoms with Crippen molar-refractivity contribution in [1.82, 2.24) is 0 Å². The molecule has 7 heteroatoms. The molecule has 1 rings (SSSR count). The Hall–Kier alpha value is 0.920. The Labute approximate surface area is 118 Å². The molecule has 0 heterocycles. The summed E-state index contributed by atoms with van der Waals surface area (Å²) in [5, 5.41) is 8.22. The van der Waals surface area contributed by atoms with Crippen molar-refractivity contribution in [2.24, 2.45) is 0 Å². The molecule has 0 spiro atoms. The molecule has 15 heavy (non-hydrogen) atoms. The molecule has 1 N–H and O–H groups in total. The van der Waals surface area contributed by atoms with Gasteiger partial charge in [-0.05, 0) is 6.92 Å². The molecule has 0 saturated heterocycles. The highest BCUT2D eigenvalue weighted by atomic mass is 35.5. The zero-order valence-electron chi connectivity index (χ0n) is 7.42. The molecule has 0 atom stereocenters. The zero-order valence-corrected chi connectivity index (χ0v) is 12.0. The van der Waals surface area contributed by atoms with Crippen molar-refractivity contribution in [1.29, 1.82) is 0 Å². The van der Waals surface area contributed by atoms with Gasteiger partial charge in [-0.2, -0.15) is 0 Å². The van der Waals surface area contributed by atoms with Gasteiger partial charge in [0.2, 0.25) is 0 Å². The molecule has 1 aromatic carbocycles. The number of aliphatic hydroxyl groups is 1. The maximum Gasteiger partial charge on any atom is 0.0810 e. The molecule has 0 aliphatic carbocycles. The molecule has 1 aromatic rings. The largest absolute Gasteiger partial charge is 0.397 e. The van der Waals surface area contributed by atoms with Gasteiger partial charge in [-0.1, -0.05) is 69.6 Å². The van der Waals surface area contributed by atoms with Crippen LogP contribution in [0, 0.1) is 0 Å². The molecule has 0 amide bonds. The lowest BCUT2D eigenvalue weighted by molar-refractivity contribution is 0.318. The molecule has 0 aliphatic heterocycles. The van der Waals surface area contributed by atoms with Crippen molar-refractivity contribution in [2.75, 3.05) is 6.61 Å². The second kappa shape index (κ2) is 7.29. The lowest BCUT2D eigenvalue weighted by atomic mass is 10.3. The molecular weight excluding hydrogens is 325 g/mol. The molecule has 0 aromatic heterocycles. The Balaban J connectivity index is 0.000000583. The second-order valence-electron chi connectivity index (χ2n) is 2.20. The van der Waals surface area contributed by atoms with Crippen LogP contribution < -0.4 is 0 Å². The molecule has 0 saturated carbocycles. The van der Waals surface area contributed by atoms with Gasteiger partial charge < -0.3 is 5.11 Å². The first-order chi connectivity index (χ1) is 6.88. The van der Waals surface area contributed by atoms with E-state index < -0.39 is 0 Å². The number of rotatable bonds is 0. The first kappa shape index (κ1) is 15.9. The van der Waals surface area contributed by atoms with Gasteiger partial charge in [-0.15, -0.1) is 0 Å². The third-order valence-electron chi connectivity index (χ3n) is 1.16. The van der Waals surface area contributed by atoms with Crippen molar-refractivity contribution in [3.8, 4) is 0 Å². The normalized spacial score (nSPS) is 9.60. The van der Waals surface area contributed by atoms with Crippen molar-refractivity contribution in [3.63, 3.8) is 0 Å². The highest BCUT2D eigenvalue weighted by molar-refractivity contribution is 6.59. The highest BCUT2D eigenvalue weighted by Gasteiger charge is 2.17. The number of hydrogen-bond acceptors (Lipinski definition) is 1. The summed E-state index contributed by atoms with van der Waals surface area (Å²) in [4.78, 5) is 0. The minimum atomic E-state index is 0.109. The van der Waals surface area contributed by atoms with E-state index in [4.69, 9.17) is 74.7 Å². The van der Waals surface area contributed by atoms with Gasteiger partial charge in [0.1, 0.15) is 0 Å². The van der Waals surface area contributed by atoms with Crippen LogP contribution in [-0.4, -0.2) is 11.7 Å². The minimum Gasteiger partial charge on any atom is -0.397 e. The van der Waals surface area contributed by atoms with Gasteiger partial charge in [0.15, 0.2) is 0 Å². The van der Waals surface area contributed by atoms with Gasteiger partial charge in [0.05, 0.1) is 30.1 Å². The molecule has 0 bridgehead atoms. The topological polar surface area (TPSA) is 20.2 Å². The van der Waals surface area contributed by atoms with E-state index in [1.54, 1.807) is 6.92 Å². The summed E-state index contributed by atoms with van der Waals surface area (Å²) in [6.45, 7) is 1.93. The molecular formula is C8H6Cl6O. The standard InChI is InChI=1S/C6Cl6.C2H6O/c7-1-2(8)4(10)6(12)5(11)3(1)9;1-2-3/h;3H,2H2,1H3. The summed E-state index contributed by atoms with van der Waals surface area (Å²) >= 11 is 34.0. The van der Waals surface area contributed by atoms with Crippen LogP contribution >= 0.6 is 69.6 Å². The fourth-order valence-electron chi connectivity index (χ4n) is 0.578. The van der Waals surface area contributed by atoms with E-state index in [1.165, 1.54) is 0 Å². The average Bonchev–Trinajstić information content (AvgIpc) is 2.22. The van der Waals surface area contributed by atoms with Crippen molar-refractivity contribution < 1.29 is 5.11 Å². The van der Waals surface area contributed by atoms with Crippen LogP contribution in [0.5, 0.6) is 0 Å². The quantitative estimate of drug-likeness (QED) is 0.484. The van der Waals surface area contributed by atoms with Crippen LogP contribution in [0.4, 0.5) is 0 Å². The summed E-state index contributed by atoms with van der Waals surface area (Å²) in [6.07, 6.45) is 0. The zero-order chi connectivity index (χ0) is 12.2. The van der Waals surface area contributed by atoms with E-state index in [0.29, 0.717) is 0 Å². The van der Waals surface area contributed by atoms with Gasteiger partial charge in [-0.3, -0.25) is 0 Å². The predicted octanol–water partition coefficient (Wildman–Crippen LogP) is 5.61. The highest BCUT2D eigenvalue weighted by Crippen LogP contribution is 2.45. The van der Waals surface area contributed by atoms with Gasteiger partial charge in [0, 0.05) is 6.61 Å². The lowest BCUT2D eigenvalue weighted by Gasteiger charge is -2.06. The number of hydrogen-bond donors (Lipinski definition) is 1. The second-order valence-corrected chi connectivity index (χ2v) is 4.47. The Bertz CT molecular complexity index is 246. The summed E-state index contributed by atoms with van der Waals surface area (Å²) in [7, 11) is 0. The third-order valence-corrected chi connectivity index (χ3v) is 4.00.